The van der Waals surface area contributed by atoms with Crippen LogP contribution in [0.25, 0.3) is 11.3 Å². The van der Waals surface area contributed by atoms with E-state index in [1.807, 2.05) is 12.1 Å². The molecule has 7 heteroatoms. The highest BCUT2D eigenvalue weighted by Crippen LogP contribution is 2.33. The van der Waals surface area contributed by atoms with Gasteiger partial charge in [0.05, 0.1) is 12.1 Å². The second-order valence-corrected chi connectivity index (χ2v) is 8.51. The van der Waals surface area contributed by atoms with Gasteiger partial charge in [-0.15, -0.1) is 0 Å². The fraction of sp³-hybridized carbons (Fsp3) is 0.333. The number of amides is 1. The number of rotatable bonds is 5. The van der Waals surface area contributed by atoms with Crippen LogP contribution >= 0.6 is 0 Å². The van der Waals surface area contributed by atoms with Gasteiger partial charge in [0, 0.05) is 24.3 Å². The number of hydrogen-bond acceptors (Lipinski definition) is 4. The van der Waals surface area contributed by atoms with Gasteiger partial charge in [-0.25, -0.2) is 9.37 Å². The molecule has 0 atom stereocenters. The molecule has 0 fully saturated rings. The van der Waals surface area contributed by atoms with Crippen molar-refractivity contribution in [3.63, 3.8) is 0 Å². The molecule has 3 N–H and O–H groups in total. The number of carbonyl (C=O) groups is 1. The molecule has 0 bridgehead atoms. The van der Waals surface area contributed by atoms with Crippen LogP contribution in [0.4, 0.5) is 15.9 Å². The zero-order valence-corrected chi connectivity index (χ0v) is 18.2. The number of aryl methyl sites for hydroxylation is 1. The summed E-state index contributed by atoms with van der Waals surface area (Å²) in [6.45, 7) is 7.08. The van der Waals surface area contributed by atoms with E-state index in [9.17, 15) is 9.18 Å². The SMILES string of the molecule is CCc1ccc(Nc2c(-c3ccc(F)cc3)nc3n2CCN(C(=O)C(C)(C)N)C3)cc1. The van der Waals surface area contributed by atoms with Gasteiger partial charge in [-0.3, -0.25) is 4.79 Å². The summed E-state index contributed by atoms with van der Waals surface area (Å²) in [6, 6.07) is 14.6. The minimum Gasteiger partial charge on any atom is -0.340 e. The van der Waals surface area contributed by atoms with Crippen molar-refractivity contribution in [1.82, 2.24) is 14.5 Å². The van der Waals surface area contributed by atoms with Crippen LogP contribution in [-0.4, -0.2) is 32.4 Å². The Labute approximate surface area is 181 Å². The molecule has 1 amide bonds. The number of carbonyl (C=O) groups excluding carboxylic acids is 1. The van der Waals surface area contributed by atoms with Crippen LogP contribution in [0.15, 0.2) is 48.5 Å². The van der Waals surface area contributed by atoms with Crippen molar-refractivity contribution in [3.05, 3.63) is 65.7 Å². The van der Waals surface area contributed by atoms with Crippen molar-refractivity contribution in [2.75, 3.05) is 11.9 Å². The summed E-state index contributed by atoms with van der Waals surface area (Å²) in [5.41, 5.74) is 8.85. The highest BCUT2D eigenvalue weighted by molar-refractivity contribution is 5.85. The van der Waals surface area contributed by atoms with Gasteiger partial charge in [0.15, 0.2) is 0 Å². The third kappa shape index (κ3) is 4.32. The molecule has 2 aromatic carbocycles. The van der Waals surface area contributed by atoms with Crippen LogP contribution < -0.4 is 11.1 Å². The average Bonchev–Trinajstić information content (AvgIpc) is 3.11. The summed E-state index contributed by atoms with van der Waals surface area (Å²) in [4.78, 5) is 19.3. The number of nitrogens with zero attached hydrogens (tertiary/aromatic N) is 3. The molecule has 0 saturated heterocycles. The molecule has 0 unspecified atom stereocenters. The van der Waals surface area contributed by atoms with E-state index in [-0.39, 0.29) is 11.7 Å². The number of imidazole rings is 1. The number of aromatic nitrogens is 2. The van der Waals surface area contributed by atoms with Gasteiger partial charge in [0.25, 0.3) is 0 Å². The molecule has 0 spiro atoms. The molecule has 162 valence electrons. The summed E-state index contributed by atoms with van der Waals surface area (Å²) in [7, 11) is 0. The Morgan fingerprint density at radius 3 is 2.42 bits per heavy atom. The fourth-order valence-electron chi connectivity index (χ4n) is 3.81. The smallest absolute Gasteiger partial charge is 0.242 e. The van der Waals surface area contributed by atoms with E-state index in [1.165, 1.54) is 17.7 Å². The summed E-state index contributed by atoms with van der Waals surface area (Å²) in [5.74, 6) is 1.22. The minimum absolute atomic E-state index is 0.102. The second kappa shape index (κ2) is 8.15. The van der Waals surface area contributed by atoms with Gasteiger partial charge in [0.2, 0.25) is 5.91 Å². The van der Waals surface area contributed by atoms with E-state index < -0.39 is 5.54 Å². The first kappa shape index (κ1) is 21.1. The predicted octanol–water partition coefficient (Wildman–Crippen LogP) is 4.07. The van der Waals surface area contributed by atoms with Crippen LogP contribution in [0.5, 0.6) is 0 Å². The lowest BCUT2D eigenvalue weighted by molar-refractivity contribution is -0.137. The quantitative estimate of drug-likeness (QED) is 0.651. The average molecular weight is 422 g/mol. The fourth-order valence-corrected chi connectivity index (χ4v) is 3.81. The molecule has 3 aromatic rings. The first-order valence-corrected chi connectivity index (χ1v) is 10.6. The van der Waals surface area contributed by atoms with Crippen LogP contribution in [0.3, 0.4) is 0 Å². The molecule has 4 rings (SSSR count). The summed E-state index contributed by atoms with van der Waals surface area (Å²) in [6.07, 6.45) is 0.977. The zero-order chi connectivity index (χ0) is 22.2. The number of halogens is 1. The van der Waals surface area contributed by atoms with Crippen LogP contribution in [-0.2, 0) is 24.3 Å². The monoisotopic (exact) mass is 421 g/mol. The van der Waals surface area contributed by atoms with Gasteiger partial charge >= 0.3 is 0 Å². The molecule has 0 saturated carbocycles. The molecule has 0 aliphatic carbocycles. The molecule has 1 aliphatic heterocycles. The van der Waals surface area contributed by atoms with E-state index in [1.54, 1.807) is 30.9 Å². The molecular formula is C24H28FN5O. The van der Waals surface area contributed by atoms with Crippen molar-refractivity contribution >= 4 is 17.4 Å². The number of benzene rings is 2. The van der Waals surface area contributed by atoms with Crippen molar-refractivity contribution in [1.29, 1.82) is 0 Å². The topological polar surface area (TPSA) is 76.2 Å². The third-order valence-corrected chi connectivity index (χ3v) is 5.55. The van der Waals surface area contributed by atoms with Gasteiger partial charge < -0.3 is 20.5 Å². The minimum atomic E-state index is -0.934. The Balaban J connectivity index is 1.73. The van der Waals surface area contributed by atoms with E-state index in [0.29, 0.717) is 19.6 Å². The van der Waals surface area contributed by atoms with Crippen LogP contribution in [0, 0.1) is 5.82 Å². The van der Waals surface area contributed by atoms with Gasteiger partial charge in [-0.05, 0) is 62.2 Å². The lowest BCUT2D eigenvalue weighted by Gasteiger charge is -2.33. The van der Waals surface area contributed by atoms with Gasteiger partial charge in [-0.1, -0.05) is 19.1 Å². The number of nitrogens with one attached hydrogen (secondary N) is 1. The summed E-state index contributed by atoms with van der Waals surface area (Å²) >= 11 is 0. The lowest BCUT2D eigenvalue weighted by Crippen LogP contribution is -2.52. The Morgan fingerprint density at radius 2 is 1.81 bits per heavy atom. The Kier molecular flexibility index (Phi) is 5.54. The van der Waals surface area contributed by atoms with Gasteiger partial charge in [0.1, 0.15) is 23.2 Å². The molecule has 31 heavy (non-hydrogen) atoms. The van der Waals surface area contributed by atoms with Gasteiger partial charge in [-0.2, -0.15) is 0 Å². The zero-order valence-electron chi connectivity index (χ0n) is 18.2. The second-order valence-electron chi connectivity index (χ2n) is 8.51. The largest absolute Gasteiger partial charge is 0.340 e. The van der Waals surface area contributed by atoms with E-state index in [2.05, 4.69) is 28.9 Å². The number of anilines is 2. The number of nitrogens with two attached hydrogens (primary N) is 1. The maximum atomic E-state index is 13.5. The number of hydrogen-bond donors (Lipinski definition) is 2. The summed E-state index contributed by atoms with van der Waals surface area (Å²) < 4.78 is 15.6. The van der Waals surface area contributed by atoms with Crippen LogP contribution in [0.2, 0.25) is 0 Å². The molecule has 6 nitrogen and oxygen atoms in total. The maximum Gasteiger partial charge on any atom is 0.242 e. The Bertz CT molecular complexity index is 1080. The van der Waals surface area contributed by atoms with E-state index in [0.717, 1.165) is 35.0 Å². The Hall–Kier alpha value is -3.19. The van der Waals surface area contributed by atoms with E-state index in [4.69, 9.17) is 10.7 Å². The number of fused-ring (bicyclic) bond motifs is 1. The normalized spacial score (nSPS) is 13.8. The molecule has 1 aromatic heterocycles. The highest BCUT2D eigenvalue weighted by atomic mass is 19.1. The van der Waals surface area contributed by atoms with Crippen molar-refractivity contribution < 1.29 is 9.18 Å². The van der Waals surface area contributed by atoms with E-state index >= 15 is 0 Å². The first-order chi connectivity index (χ1) is 14.8. The lowest BCUT2D eigenvalue weighted by atomic mass is 10.1. The van der Waals surface area contributed by atoms with Crippen molar-refractivity contribution in [2.24, 2.45) is 5.73 Å². The highest BCUT2D eigenvalue weighted by Gasteiger charge is 2.32. The predicted molar refractivity (Wildman–Crippen MR) is 120 cm³/mol. The maximum absolute atomic E-state index is 13.5. The standard InChI is InChI=1S/C24H28FN5O/c1-4-16-5-11-19(12-6-16)27-22-21(17-7-9-18(25)10-8-17)28-20-15-29(13-14-30(20)22)23(31)24(2,3)26/h5-12,27H,4,13-15,26H2,1-3H3. The molecule has 1 aliphatic rings. The Morgan fingerprint density at radius 1 is 1.13 bits per heavy atom. The molecule has 0 radical (unpaired) electrons. The van der Waals surface area contributed by atoms with Crippen LogP contribution in [0.1, 0.15) is 32.2 Å². The molecular weight excluding hydrogens is 393 g/mol. The third-order valence-electron chi connectivity index (χ3n) is 5.55. The van der Waals surface area contributed by atoms with Crippen molar-refractivity contribution in [2.45, 2.75) is 45.8 Å². The first-order valence-electron chi connectivity index (χ1n) is 10.6. The summed E-state index contributed by atoms with van der Waals surface area (Å²) in [5, 5.41) is 3.50. The molecule has 2 heterocycles. The van der Waals surface area contributed by atoms with Crippen molar-refractivity contribution in [3.8, 4) is 11.3 Å².